The average molecular weight is 330 g/mol. The number of anilines is 1. The highest BCUT2D eigenvalue weighted by molar-refractivity contribution is 9.10. The van der Waals surface area contributed by atoms with Crippen LogP contribution in [0.3, 0.4) is 0 Å². The third kappa shape index (κ3) is 4.31. The second-order valence-electron chi connectivity index (χ2n) is 4.93. The van der Waals surface area contributed by atoms with Crippen molar-refractivity contribution >= 4 is 21.6 Å². The molecule has 0 spiro atoms. The van der Waals surface area contributed by atoms with Crippen LogP contribution in [0.1, 0.15) is 25.7 Å². The highest BCUT2D eigenvalue weighted by atomic mass is 79.9. The molecular weight excluding hydrogens is 310 g/mol. The molecule has 0 bridgehead atoms. The predicted molar refractivity (Wildman–Crippen MR) is 78.5 cm³/mol. The van der Waals surface area contributed by atoms with Crippen LogP contribution >= 0.6 is 15.9 Å². The van der Waals surface area contributed by atoms with Crippen molar-refractivity contribution in [2.24, 2.45) is 5.92 Å². The molecule has 19 heavy (non-hydrogen) atoms. The number of unbranched alkanes of at least 4 members (excludes halogenated alkanes) is 1. The van der Waals surface area contributed by atoms with Gasteiger partial charge in [0.1, 0.15) is 4.47 Å². The van der Waals surface area contributed by atoms with Gasteiger partial charge in [-0.1, -0.05) is 0 Å². The molecule has 1 aliphatic carbocycles. The summed E-state index contributed by atoms with van der Waals surface area (Å²) in [5, 5.41) is 7.45. The zero-order valence-corrected chi connectivity index (χ0v) is 12.8. The van der Waals surface area contributed by atoms with Gasteiger partial charge in [-0.3, -0.25) is 4.79 Å². The molecular formula is C13H20BrN3O2. The Morgan fingerprint density at radius 1 is 1.53 bits per heavy atom. The lowest BCUT2D eigenvalue weighted by atomic mass is 10.3. The summed E-state index contributed by atoms with van der Waals surface area (Å²) in [6.07, 6.45) is 6.17. The Morgan fingerprint density at radius 2 is 2.32 bits per heavy atom. The van der Waals surface area contributed by atoms with Crippen molar-refractivity contribution in [2.45, 2.75) is 32.2 Å². The summed E-state index contributed by atoms with van der Waals surface area (Å²) in [5.41, 5.74) is 0.725. The number of nitrogens with zero attached hydrogens (tertiary/aromatic N) is 2. The fourth-order valence-electron chi connectivity index (χ4n) is 1.86. The van der Waals surface area contributed by atoms with Crippen LogP contribution in [0.4, 0.5) is 5.69 Å². The maximum Gasteiger partial charge on any atom is 0.283 e. The number of hydrogen-bond donors (Lipinski definition) is 1. The monoisotopic (exact) mass is 329 g/mol. The van der Waals surface area contributed by atoms with E-state index in [1.807, 2.05) is 0 Å². The van der Waals surface area contributed by atoms with Crippen LogP contribution < -0.4 is 10.9 Å². The Bertz CT molecular complexity index is 471. The molecule has 106 valence electrons. The molecule has 1 aliphatic rings. The van der Waals surface area contributed by atoms with Crippen molar-refractivity contribution < 1.29 is 4.74 Å². The van der Waals surface area contributed by atoms with E-state index in [1.54, 1.807) is 18.0 Å². The van der Waals surface area contributed by atoms with Gasteiger partial charge < -0.3 is 10.1 Å². The SMILES string of the molecule is COCCCCNc1cnn(CC2CC2)c(=O)c1Br. The number of rotatable bonds is 8. The van der Waals surface area contributed by atoms with Crippen LogP contribution in [-0.2, 0) is 11.3 Å². The Hall–Kier alpha value is -0.880. The van der Waals surface area contributed by atoms with E-state index in [2.05, 4.69) is 26.3 Å². The van der Waals surface area contributed by atoms with Crippen molar-refractivity contribution in [1.82, 2.24) is 9.78 Å². The van der Waals surface area contributed by atoms with E-state index in [0.29, 0.717) is 10.4 Å². The molecule has 0 aromatic carbocycles. The van der Waals surface area contributed by atoms with Crippen molar-refractivity contribution in [3.8, 4) is 0 Å². The zero-order chi connectivity index (χ0) is 13.7. The minimum Gasteiger partial charge on any atom is -0.385 e. The molecule has 0 atom stereocenters. The van der Waals surface area contributed by atoms with Gasteiger partial charge in [-0.15, -0.1) is 0 Å². The number of hydrogen-bond acceptors (Lipinski definition) is 4. The zero-order valence-electron chi connectivity index (χ0n) is 11.2. The summed E-state index contributed by atoms with van der Waals surface area (Å²) < 4.78 is 7.12. The van der Waals surface area contributed by atoms with E-state index in [-0.39, 0.29) is 5.56 Å². The first-order chi connectivity index (χ1) is 9.22. The van der Waals surface area contributed by atoms with E-state index >= 15 is 0 Å². The summed E-state index contributed by atoms with van der Waals surface area (Å²) in [5.74, 6) is 0.643. The summed E-state index contributed by atoms with van der Waals surface area (Å²) in [6.45, 7) is 2.32. The molecule has 1 aromatic rings. The topological polar surface area (TPSA) is 56.1 Å². The van der Waals surface area contributed by atoms with Crippen LogP contribution in [0, 0.1) is 5.92 Å². The molecule has 2 rings (SSSR count). The van der Waals surface area contributed by atoms with Gasteiger partial charge in [0.15, 0.2) is 0 Å². The van der Waals surface area contributed by atoms with Crippen molar-refractivity contribution in [3.63, 3.8) is 0 Å². The Balaban J connectivity index is 1.90. The number of halogens is 1. The highest BCUT2D eigenvalue weighted by Crippen LogP contribution is 2.30. The first kappa shape index (κ1) is 14.5. The first-order valence-electron chi connectivity index (χ1n) is 6.71. The molecule has 1 N–H and O–H groups in total. The normalized spacial score (nSPS) is 14.6. The molecule has 1 heterocycles. The molecule has 6 heteroatoms. The van der Waals surface area contributed by atoms with E-state index in [9.17, 15) is 4.79 Å². The second-order valence-corrected chi connectivity index (χ2v) is 5.72. The third-order valence-electron chi connectivity index (χ3n) is 3.20. The third-order valence-corrected chi connectivity index (χ3v) is 3.97. The van der Waals surface area contributed by atoms with Gasteiger partial charge in [0.2, 0.25) is 0 Å². The molecule has 5 nitrogen and oxygen atoms in total. The Labute approximate surface area is 121 Å². The molecule has 0 radical (unpaired) electrons. The Morgan fingerprint density at radius 3 is 3.00 bits per heavy atom. The molecule has 1 fully saturated rings. The predicted octanol–water partition coefficient (Wildman–Crippen LogP) is 2.25. The number of nitrogens with one attached hydrogen (secondary N) is 1. The maximum atomic E-state index is 12.1. The average Bonchev–Trinajstić information content (AvgIpc) is 3.21. The lowest BCUT2D eigenvalue weighted by Crippen LogP contribution is -2.25. The van der Waals surface area contributed by atoms with Crippen molar-refractivity contribution in [1.29, 1.82) is 0 Å². The summed E-state index contributed by atoms with van der Waals surface area (Å²) in [6, 6.07) is 0. The number of aromatic nitrogens is 2. The second kappa shape index (κ2) is 7.05. The summed E-state index contributed by atoms with van der Waals surface area (Å²) in [7, 11) is 1.70. The van der Waals surface area contributed by atoms with E-state index < -0.39 is 0 Å². The molecule has 1 aromatic heterocycles. The fourth-order valence-corrected chi connectivity index (χ4v) is 2.31. The van der Waals surface area contributed by atoms with E-state index in [1.165, 1.54) is 12.8 Å². The van der Waals surface area contributed by atoms with Crippen LogP contribution in [0.2, 0.25) is 0 Å². The van der Waals surface area contributed by atoms with Gasteiger partial charge >= 0.3 is 0 Å². The van der Waals surface area contributed by atoms with E-state index in [4.69, 9.17) is 4.74 Å². The van der Waals surface area contributed by atoms with Gasteiger partial charge in [-0.25, -0.2) is 4.68 Å². The van der Waals surface area contributed by atoms with Gasteiger partial charge in [0.05, 0.1) is 11.9 Å². The van der Waals surface area contributed by atoms with Crippen LogP contribution in [-0.4, -0.2) is 30.0 Å². The molecule has 0 amide bonds. The van der Waals surface area contributed by atoms with Crippen molar-refractivity contribution in [3.05, 3.63) is 21.0 Å². The lowest BCUT2D eigenvalue weighted by molar-refractivity contribution is 0.194. The lowest BCUT2D eigenvalue weighted by Gasteiger charge is -2.10. The van der Waals surface area contributed by atoms with Gasteiger partial charge in [0, 0.05) is 26.8 Å². The van der Waals surface area contributed by atoms with Gasteiger partial charge in [0.25, 0.3) is 5.56 Å². The van der Waals surface area contributed by atoms with E-state index in [0.717, 1.165) is 38.2 Å². The largest absolute Gasteiger partial charge is 0.385 e. The van der Waals surface area contributed by atoms with Gasteiger partial charge in [-0.05, 0) is 47.5 Å². The van der Waals surface area contributed by atoms with Crippen LogP contribution in [0.15, 0.2) is 15.5 Å². The summed E-state index contributed by atoms with van der Waals surface area (Å²) in [4.78, 5) is 12.1. The highest BCUT2D eigenvalue weighted by Gasteiger charge is 2.23. The summed E-state index contributed by atoms with van der Waals surface area (Å²) >= 11 is 3.36. The fraction of sp³-hybridized carbons (Fsp3) is 0.692. The minimum absolute atomic E-state index is 0.0474. The molecule has 0 unspecified atom stereocenters. The standard InChI is InChI=1S/C13H20BrN3O2/c1-19-7-3-2-6-15-11-8-16-17(9-10-4-5-10)13(18)12(11)14/h8,10,15H,2-7,9H2,1H3. The maximum absolute atomic E-state index is 12.1. The molecule has 1 saturated carbocycles. The smallest absolute Gasteiger partial charge is 0.283 e. The first-order valence-corrected chi connectivity index (χ1v) is 7.50. The number of ether oxygens (including phenoxy) is 1. The van der Waals surface area contributed by atoms with Crippen LogP contribution in [0.25, 0.3) is 0 Å². The quantitative estimate of drug-likeness (QED) is 0.743. The number of methoxy groups -OCH3 is 1. The molecule has 0 saturated heterocycles. The minimum atomic E-state index is -0.0474. The molecule has 0 aliphatic heterocycles. The van der Waals surface area contributed by atoms with Crippen molar-refractivity contribution in [2.75, 3.05) is 25.6 Å². The van der Waals surface area contributed by atoms with Crippen LogP contribution in [0.5, 0.6) is 0 Å². The van der Waals surface area contributed by atoms with Gasteiger partial charge in [-0.2, -0.15) is 5.10 Å². The Kier molecular flexibility index (Phi) is 5.39.